The van der Waals surface area contributed by atoms with Gasteiger partial charge in [0.1, 0.15) is 17.6 Å². The molecule has 4 rings (SSSR count). The average molecular weight is 546 g/mol. The summed E-state index contributed by atoms with van der Waals surface area (Å²) in [6.07, 6.45) is 2.23. The molecule has 0 aromatic carbocycles. The number of aliphatic hydroxyl groups is 4. The summed E-state index contributed by atoms with van der Waals surface area (Å²) in [6, 6.07) is 0. The lowest BCUT2D eigenvalue weighted by molar-refractivity contribution is -0.376. The number of hydrogen-bond donors (Lipinski definition) is 5. The Hall–Kier alpha value is -3.38. The Labute approximate surface area is 226 Å². The van der Waals surface area contributed by atoms with E-state index >= 15 is 0 Å². The number of nitrogens with one attached hydrogen (secondary N) is 1. The summed E-state index contributed by atoms with van der Waals surface area (Å²) in [7, 11) is 1.40. The van der Waals surface area contributed by atoms with Crippen molar-refractivity contribution in [2.45, 2.75) is 77.3 Å². The smallest absolute Gasteiger partial charge is 0.251 e. The zero-order valence-electron chi connectivity index (χ0n) is 22.3. The Balaban J connectivity index is 1.50. The van der Waals surface area contributed by atoms with E-state index in [9.17, 15) is 30.0 Å². The van der Waals surface area contributed by atoms with Gasteiger partial charge in [0.25, 0.3) is 5.91 Å². The van der Waals surface area contributed by atoms with Gasteiger partial charge in [0, 0.05) is 42.4 Å². The highest BCUT2D eigenvalue weighted by Crippen LogP contribution is 2.40. The zero-order valence-corrected chi connectivity index (χ0v) is 22.3. The molecule has 212 valence electrons. The number of ether oxygens (including phenoxy) is 2. The third-order valence-electron chi connectivity index (χ3n) is 7.03. The summed E-state index contributed by atoms with van der Waals surface area (Å²) >= 11 is 0. The number of hydrogen-bond acceptors (Lipinski definition) is 10. The van der Waals surface area contributed by atoms with E-state index in [1.807, 2.05) is 19.9 Å². The van der Waals surface area contributed by atoms with Crippen LogP contribution in [0.1, 0.15) is 58.8 Å². The second-order valence-corrected chi connectivity index (χ2v) is 10.1. The van der Waals surface area contributed by atoms with E-state index in [1.54, 1.807) is 6.08 Å². The Bertz CT molecular complexity index is 1210. The van der Waals surface area contributed by atoms with Crippen molar-refractivity contribution < 1.29 is 49.3 Å². The molecule has 3 atom stereocenters. The summed E-state index contributed by atoms with van der Waals surface area (Å²) in [5, 5.41) is 43.2. The molecular formula is C28H35NO10. The molecule has 3 aliphatic carbocycles. The van der Waals surface area contributed by atoms with Gasteiger partial charge in [-0.3, -0.25) is 9.59 Å². The summed E-state index contributed by atoms with van der Waals surface area (Å²) in [6.45, 7) is 3.79. The maximum absolute atomic E-state index is 13.0. The Morgan fingerprint density at radius 3 is 2.59 bits per heavy atom. The van der Waals surface area contributed by atoms with Crippen molar-refractivity contribution in [1.29, 1.82) is 0 Å². The summed E-state index contributed by atoms with van der Waals surface area (Å²) in [5.41, 5.74) is 2.85. The van der Waals surface area contributed by atoms with Gasteiger partial charge in [-0.2, -0.15) is 4.89 Å². The van der Waals surface area contributed by atoms with Crippen LogP contribution >= 0.6 is 0 Å². The molecule has 0 bridgehead atoms. The SMILES string of the molecule is COC1=C(OO[C@@H]2CC(O)[C@H](O)CO2)CCC2=C1CC(=O)C(NC(=O)C1=CC(CC=C(C)C)=C(O)CC1)=C2O. The summed E-state index contributed by atoms with van der Waals surface area (Å²) in [5.74, 6) is -0.568. The van der Waals surface area contributed by atoms with Crippen molar-refractivity contribution >= 4 is 11.7 Å². The van der Waals surface area contributed by atoms with E-state index in [-0.39, 0.29) is 54.6 Å². The quantitative estimate of drug-likeness (QED) is 0.174. The minimum atomic E-state index is -1.01. The third kappa shape index (κ3) is 6.44. The van der Waals surface area contributed by atoms with Gasteiger partial charge in [0.05, 0.1) is 25.6 Å². The number of rotatable bonds is 8. The minimum Gasteiger partial charge on any atom is -0.512 e. The molecule has 0 radical (unpaired) electrons. The van der Waals surface area contributed by atoms with E-state index in [4.69, 9.17) is 19.2 Å². The van der Waals surface area contributed by atoms with Crippen LogP contribution in [-0.4, -0.2) is 64.3 Å². The van der Waals surface area contributed by atoms with Crippen molar-refractivity contribution in [1.82, 2.24) is 5.32 Å². The molecule has 5 N–H and O–H groups in total. The van der Waals surface area contributed by atoms with E-state index in [0.717, 1.165) is 5.57 Å². The van der Waals surface area contributed by atoms with E-state index < -0.39 is 30.2 Å². The number of carbonyl (C=O) groups excluding carboxylic acids is 2. The van der Waals surface area contributed by atoms with Gasteiger partial charge in [-0.15, -0.1) is 0 Å². The van der Waals surface area contributed by atoms with Gasteiger partial charge in [0.15, 0.2) is 17.3 Å². The fourth-order valence-electron chi connectivity index (χ4n) is 4.80. The van der Waals surface area contributed by atoms with Crippen molar-refractivity contribution in [2.24, 2.45) is 0 Å². The molecule has 11 heteroatoms. The van der Waals surface area contributed by atoms with Crippen molar-refractivity contribution in [3.05, 3.63) is 68.8 Å². The van der Waals surface area contributed by atoms with Gasteiger partial charge in [-0.05, 0) is 44.8 Å². The molecular weight excluding hydrogens is 510 g/mol. The van der Waals surface area contributed by atoms with Crippen LogP contribution in [0.5, 0.6) is 0 Å². The average Bonchev–Trinajstić information content (AvgIpc) is 2.90. The van der Waals surface area contributed by atoms with E-state index in [1.165, 1.54) is 7.11 Å². The van der Waals surface area contributed by atoms with Crippen molar-refractivity contribution in [3.63, 3.8) is 0 Å². The molecule has 1 unspecified atom stereocenters. The highest BCUT2D eigenvalue weighted by atomic mass is 17.2. The summed E-state index contributed by atoms with van der Waals surface area (Å²) < 4.78 is 10.8. The van der Waals surface area contributed by atoms with Crippen LogP contribution in [0, 0.1) is 0 Å². The van der Waals surface area contributed by atoms with E-state index in [2.05, 4.69) is 5.32 Å². The molecule has 0 saturated carbocycles. The first-order valence-corrected chi connectivity index (χ1v) is 12.9. The van der Waals surface area contributed by atoms with Gasteiger partial charge in [0.2, 0.25) is 6.29 Å². The summed E-state index contributed by atoms with van der Waals surface area (Å²) in [4.78, 5) is 36.8. The lowest BCUT2D eigenvalue weighted by Crippen LogP contribution is -2.42. The molecule has 0 spiro atoms. The van der Waals surface area contributed by atoms with Crippen molar-refractivity contribution in [2.75, 3.05) is 13.7 Å². The van der Waals surface area contributed by atoms with E-state index in [0.29, 0.717) is 48.0 Å². The van der Waals surface area contributed by atoms with Crippen LogP contribution in [0.15, 0.2) is 68.8 Å². The van der Waals surface area contributed by atoms with Crippen LogP contribution in [0.3, 0.4) is 0 Å². The fourth-order valence-corrected chi connectivity index (χ4v) is 4.80. The number of Topliss-reactive ketones (excluding diaryl/α,β-unsaturated/α-hetero) is 1. The molecule has 1 saturated heterocycles. The largest absolute Gasteiger partial charge is 0.512 e. The number of amides is 1. The molecule has 11 nitrogen and oxygen atoms in total. The third-order valence-corrected chi connectivity index (χ3v) is 7.03. The maximum Gasteiger partial charge on any atom is 0.251 e. The highest BCUT2D eigenvalue weighted by Gasteiger charge is 2.37. The molecule has 1 heterocycles. The maximum atomic E-state index is 13.0. The number of ketones is 1. The number of allylic oxidation sites excluding steroid dienone is 9. The van der Waals surface area contributed by atoms with Crippen molar-refractivity contribution in [3.8, 4) is 0 Å². The molecule has 0 aromatic rings. The second kappa shape index (κ2) is 12.2. The molecule has 4 aliphatic rings. The number of carbonyl (C=O) groups is 2. The van der Waals surface area contributed by atoms with Crippen LogP contribution in [0.25, 0.3) is 0 Å². The van der Waals surface area contributed by atoms with Crippen LogP contribution < -0.4 is 5.32 Å². The Morgan fingerprint density at radius 1 is 1.13 bits per heavy atom. The first-order chi connectivity index (χ1) is 18.6. The van der Waals surface area contributed by atoms with Gasteiger partial charge >= 0.3 is 0 Å². The first kappa shape index (κ1) is 28.6. The standard InChI is InChI=1S/C28H35NO10/c1-14(2)4-5-15-10-16(6-8-19(15)30)28(35)29-25-21(32)11-18-17(26(25)34)7-9-23(27(18)36-3)38-39-24-12-20(31)22(33)13-37-24/h4,10,20,22,24,30-31,33-34H,5-9,11-13H2,1-3H3,(H,29,35)/t20?,22-,24-/m1/s1. The normalized spacial score (nSPS) is 25.8. The topological polar surface area (TPSA) is 164 Å². The monoisotopic (exact) mass is 545 g/mol. The molecule has 0 aromatic heterocycles. The molecule has 1 aliphatic heterocycles. The lowest BCUT2D eigenvalue weighted by Gasteiger charge is -2.31. The van der Waals surface area contributed by atoms with Gasteiger partial charge in [-0.1, -0.05) is 11.6 Å². The predicted molar refractivity (Wildman–Crippen MR) is 137 cm³/mol. The fraction of sp³-hybridized carbons (Fsp3) is 0.500. The number of aliphatic hydroxyl groups excluding tert-OH is 4. The van der Waals surface area contributed by atoms with Crippen LogP contribution in [0.4, 0.5) is 0 Å². The highest BCUT2D eigenvalue weighted by molar-refractivity contribution is 6.06. The predicted octanol–water partition coefficient (Wildman–Crippen LogP) is 3.10. The number of methoxy groups -OCH3 is 1. The van der Waals surface area contributed by atoms with Gasteiger partial charge < -0.3 is 40.1 Å². The van der Waals surface area contributed by atoms with Crippen LogP contribution in [-0.2, 0) is 28.8 Å². The Kier molecular flexibility index (Phi) is 8.96. The lowest BCUT2D eigenvalue weighted by atomic mass is 9.84. The Morgan fingerprint density at radius 2 is 1.90 bits per heavy atom. The van der Waals surface area contributed by atoms with Crippen LogP contribution in [0.2, 0.25) is 0 Å². The zero-order chi connectivity index (χ0) is 28.3. The van der Waals surface area contributed by atoms with Gasteiger partial charge in [-0.25, -0.2) is 0 Å². The first-order valence-electron chi connectivity index (χ1n) is 12.9. The molecule has 39 heavy (non-hydrogen) atoms. The minimum absolute atomic E-state index is 0.0120. The molecule has 1 fully saturated rings. The molecule has 1 amide bonds. The second-order valence-electron chi connectivity index (χ2n) is 10.1.